The highest BCUT2D eigenvalue weighted by Crippen LogP contribution is 2.19. The fourth-order valence-electron chi connectivity index (χ4n) is 2.43. The second-order valence-electron chi connectivity index (χ2n) is 5.24. The Hall–Kier alpha value is -1.89. The van der Waals surface area contributed by atoms with Gasteiger partial charge in [0, 0.05) is 31.6 Å². The van der Waals surface area contributed by atoms with E-state index in [9.17, 15) is 0 Å². The predicted molar refractivity (Wildman–Crippen MR) is 87.0 cm³/mol. The Morgan fingerprint density at radius 2 is 2.10 bits per heavy atom. The fourth-order valence-corrected chi connectivity index (χ4v) is 3.13. The molecule has 1 saturated heterocycles. The van der Waals surface area contributed by atoms with Crippen LogP contribution in [0.3, 0.4) is 0 Å². The number of hydrogen-bond acceptors (Lipinski definition) is 7. The van der Waals surface area contributed by atoms with Crippen molar-refractivity contribution in [3.63, 3.8) is 0 Å². The monoisotopic (exact) mass is 304 g/mol. The Bertz CT molecular complexity index is 579. The Morgan fingerprint density at radius 3 is 2.81 bits per heavy atom. The highest BCUT2D eigenvalue weighted by Gasteiger charge is 2.17. The zero-order chi connectivity index (χ0) is 14.7. The summed E-state index contributed by atoms with van der Waals surface area (Å²) in [6, 6.07) is 4.22. The molecule has 1 aliphatic heterocycles. The molecule has 0 unspecified atom stereocenters. The molecule has 0 aliphatic carbocycles. The van der Waals surface area contributed by atoms with Gasteiger partial charge in [0.05, 0.1) is 0 Å². The molecule has 6 nitrogen and oxygen atoms in total. The second kappa shape index (κ2) is 6.26. The number of hydrogen-bond donors (Lipinski definition) is 1. The normalized spacial score (nSPS) is 14.6. The smallest absolute Gasteiger partial charge is 0.231 e. The van der Waals surface area contributed by atoms with Crippen LogP contribution in [-0.4, -0.2) is 41.6 Å². The molecule has 2 aromatic rings. The first-order valence-electron chi connectivity index (χ1n) is 7.22. The Balaban J connectivity index is 1.71. The first-order chi connectivity index (χ1) is 10.2. The van der Waals surface area contributed by atoms with Gasteiger partial charge in [0.15, 0.2) is 0 Å². The summed E-state index contributed by atoms with van der Waals surface area (Å²) >= 11 is 1.77. The maximum atomic E-state index is 5.84. The molecule has 0 aromatic carbocycles. The number of nitrogens with zero attached hydrogens (tertiary/aromatic N) is 5. The molecule has 2 aromatic heterocycles. The van der Waals surface area contributed by atoms with Gasteiger partial charge in [0.1, 0.15) is 0 Å². The third-order valence-corrected chi connectivity index (χ3v) is 4.57. The molecule has 112 valence electrons. The average molecular weight is 304 g/mol. The second-order valence-corrected chi connectivity index (χ2v) is 6.27. The van der Waals surface area contributed by atoms with Crippen molar-refractivity contribution in [1.82, 2.24) is 15.0 Å². The van der Waals surface area contributed by atoms with Crippen molar-refractivity contribution >= 4 is 29.2 Å². The van der Waals surface area contributed by atoms with E-state index in [1.165, 1.54) is 17.7 Å². The van der Waals surface area contributed by atoms with E-state index in [0.29, 0.717) is 17.8 Å². The van der Waals surface area contributed by atoms with Crippen molar-refractivity contribution in [3.8, 4) is 0 Å². The van der Waals surface area contributed by atoms with Gasteiger partial charge in [-0.3, -0.25) is 0 Å². The van der Waals surface area contributed by atoms with Gasteiger partial charge in [-0.15, -0.1) is 11.3 Å². The first-order valence-corrected chi connectivity index (χ1v) is 8.10. The lowest BCUT2D eigenvalue weighted by molar-refractivity contribution is 0.818. The molecule has 7 heteroatoms. The fraction of sp³-hybridized carbons (Fsp3) is 0.500. The summed E-state index contributed by atoms with van der Waals surface area (Å²) in [5.74, 6) is 1.66. The minimum atomic E-state index is 0.296. The largest absolute Gasteiger partial charge is 0.368 e. The highest BCUT2D eigenvalue weighted by molar-refractivity contribution is 7.09. The van der Waals surface area contributed by atoms with Crippen LogP contribution in [0.2, 0.25) is 0 Å². The molecule has 3 heterocycles. The van der Waals surface area contributed by atoms with Crippen LogP contribution in [0.5, 0.6) is 0 Å². The summed E-state index contributed by atoms with van der Waals surface area (Å²) in [5, 5.41) is 2.10. The molecule has 0 amide bonds. The summed E-state index contributed by atoms with van der Waals surface area (Å²) in [6.07, 6.45) is 3.36. The lowest BCUT2D eigenvalue weighted by Gasteiger charge is -2.20. The molecule has 0 radical (unpaired) electrons. The van der Waals surface area contributed by atoms with Crippen LogP contribution in [0.4, 0.5) is 17.8 Å². The minimum absolute atomic E-state index is 0.296. The van der Waals surface area contributed by atoms with Gasteiger partial charge in [-0.1, -0.05) is 6.07 Å². The van der Waals surface area contributed by atoms with Crippen molar-refractivity contribution in [2.45, 2.75) is 19.3 Å². The first kappa shape index (κ1) is 14.1. The summed E-state index contributed by atoms with van der Waals surface area (Å²) in [6.45, 7) is 2.87. The van der Waals surface area contributed by atoms with Crippen molar-refractivity contribution < 1.29 is 0 Å². The molecular weight excluding hydrogens is 284 g/mol. The van der Waals surface area contributed by atoms with Gasteiger partial charge < -0.3 is 15.5 Å². The number of nitrogen functional groups attached to an aromatic ring is 1. The maximum absolute atomic E-state index is 5.84. The van der Waals surface area contributed by atoms with E-state index in [1.54, 1.807) is 11.3 Å². The third-order valence-electron chi connectivity index (χ3n) is 3.63. The number of thiophene rings is 1. The Morgan fingerprint density at radius 1 is 1.29 bits per heavy atom. The van der Waals surface area contributed by atoms with Crippen LogP contribution >= 0.6 is 11.3 Å². The summed E-state index contributed by atoms with van der Waals surface area (Å²) in [7, 11) is 2.00. The van der Waals surface area contributed by atoms with E-state index >= 15 is 0 Å². The van der Waals surface area contributed by atoms with Crippen LogP contribution in [-0.2, 0) is 6.42 Å². The lowest BCUT2D eigenvalue weighted by Crippen LogP contribution is -2.26. The molecular formula is C14H20N6S. The highest BCUT2D eigenvalue weighted by atomic mass is 32.1. The van der Waals surface area contributed by atoms with Gasteiger partial charge in [0.2, 0.25) is 17.8 Å². The van der Waals surface area contributed by atoms with E-state index in [2.05, 4.69) is 37.4 Å². The summed E-state index contributed by atoms with van der Waals surface area (Å²) in [5.41, 5.74) is 5.84. The standard InChI is InChI=1S/C14H20N6S/c1-19(9-6-11-5-4-10-21-11)13-16-12(15)17-14(18-13)20-7-2-3-8-20/h4-5,10H,2-3,6-9H2,1H3,(H2,15,16,17,18). The SMILES string of the molecule is CN(CCc1cccs1)c1nc(N)nc(N2CCCC2)n1. The topological polar surface area (TPSA) is 71.2 Å². The zero-order valence-electron chi connectivity index (χ0n) is 12.2. The van der Waals surface area contributed by atoms with Crippen molar-refractivity contribution in [1.29, 1.82) is 0 Å². The summed E-state index contributed by atoms with van der Waals surface area (Å²) < 4.78 is 0. The predicted octanol–water partition coefficient (Wildman–Crippen LogP) is 1.79. The molecule has 1 fully saturated rings. The van der Waals surface area contributed by atoms with Gasteiger partial charge in [-0.25, -0.2) is 0 Å². The molecule has 0 bridgehead atoms. The van der Waals surface area contributed by atoms with Crippen LogP contribution in [0.15, 0.2) is 17.5 Å². The molecule has 21 heavy (non-hydrogen) atoms. The average Bonchev–Trinajstić information content (AvgIpc) is 3.17. The number of anilines is 3. The van der Waals surface area contributed by atoms with E-state index in [0.717, 1.165) is 26.1 Å². The molecule has 0 spiro atoms. The molecule has 0 saturated carbocycles. The number of aromatic nitrogens is 3. The lowest BCUT2D eigenvalue weighted by atomic mass is 10.3. The molecule has 2 N–H and O–H groups in total. The maximum Gasteiger partial charge on any atom is 0.231 e. The molecule has 1 aliphatic rings. The van der Waals surface area contributed by atoms with Gasteiger partial charge in [-0.2, -0.15) is 15.0 Å². The minimum Gasteiger partial charge on any atom is -0.368 e. The zero-order valence-corrected chi connectivity index (χ0v) is 13.0. The Labute approximate surface area is 128 Å². The summed E-state index contributed by atoms with van der Waals surface area (Å²) in [4.78, 5) is 18.7. The van der Waals surface area contributed by atoms with Crippen molar-refractivity contribution in [2.75, 3.05) is 42.2 Å². The van der Waals surface area contributed by atoms with Crippen molar-refractivity contribution in [3.05, 3.63) is 22.4 Å². The van der Waals surface area contributed by atoms with Gasteiger partial charge in [-0.05, 0) is 30.7 Å². The van der Waals surface area contributed by atoms with E-state index in [-0.39, 0.29) is 0 Å². The van der Waals surface area contributed by atoms with E-state index < -0.39 is 0 Å². The van der Waals surface area contributed by atoms with Crippen LogP contribution < -0.4 is 15.5 Å². The molecule has 3 rings (SSSR count). The van der Waals surface area contributed by atoms with E-state index in [4.69, 9.17) is 5.73 Å². The van der Waals surface area contributed by atoms with Crippen LogP contribution in [0, 0.1) is 0 Å². The molecule has 0 atom stereocenters. The quantitative estimate of drug-likeness (QED) is 0.908. The number of rotatable bonds is 5. The van der Waals surface area contributed by atoms with Crippen LogP contribution in [0.1, 0.15) is 17.7 Å². The Kier molecular flexibility index (Phi) is 4.19. The van der Waals surface area contributed by atoms with Crippen LogP contribution in [0.25, 0.3) is 0 Å². The number of nitrogens with two attached hydrogens (primary N) is 1. The van der Waals surface area contributed by atoms with Gasteiger partial charge >= 0.3 is 0 Å². The van der Waals surface area contributed by atoms with Gasteiger partial charge in [0.25, 0.3) is 0 Å². The number of likely N-dealkylation sites (N-methyl/N-ethyl adjacent to an activating group) is 1. The third kappa shape index (κ3) is 3.41. The van der Waals surface area contributed by atoms with Crippen molar-refractivity contribution in [2.24, 2.45) is 0 Å². The van der Waals surface area contributed by atoms with E-state index in [1.807, 2.05) is 11.9 Å².